The molecule has 2 N–H and O–H groups in total. The summed E-state index contributed by atoms with van der Waals surface area (Å²) in [6.45, 7) is 0. The van der Waals surface area contributed by atoms with Crippen LogP contribution in [0.5, 0.6) is 0 Å². The number of amidine groups is 1. The average molecular weight is 223 g/mol. The Labute approximate surface area is 91.2 Å². The largest absolute Gasteiger partial charge is 0.379 e. The number of hydrogen-bond acceptors (Lipinski definition) is 2. The molecule has 1 aliphatic rings. The zero-order valence-corrected chi connectivity index (χ0v) is 9.79. The second-order valence-electron chi connectivity index (χ2n) is 3.38. The Kier molecular flexibility index (Phi) is 7.57. The fourth-order valence-corrected chi connectivity index (χ4v) is 2.49. The molecule has 0 radical (unpaired) electrons. The molecule has 0 aromatic rings. The van der Waals surface area contributed by atoms with Gasteiger partial charge in [0.2, 0.25) is 0 Å². The normalized spacial score (nSPS) is 19.6. The van der Waals surface area contributed by atoms with Crippen LogP contribution in [-0.2, 0) is 0 Å². The van der Waals surface area contributed by atoms with E-state index >= 15 is 0 Å². The second kappa shape index (κ2) is 7.51. The Morgan fingerprint density at radius 3 is 2.54 bits per heavy atom. The van der Waals surface area contributed by atoms with E-state index in [4.69, 9.17) is 5.73 Å². The fraction of sp³-hybridized carbons (Fsp3) is 0.889. The van der Waals surface area contributed by atoms with Crippen molar-refractivity contribution in [3.8, 4) is 0 Å². The summed E-state index contributed by atoms with van der Waals surface area (Å²) < 4.78 is 0. The molecule has 4 heteroatoms. The van der Waals surface area contributed by atoms with Gasteiger partial charge < -0.3 is 5.73 Å². The summed E-state index contributed by atoms with van der Waals surface area (Å²) in [5.41, 5.74) is 5.60. The first-order chi connectivity index (χ1) is 5.83. The molecule has 2 nitrogen and oxygen atoms in total. The van der Waals surface area contributed by atoms with E-state index in [9.17, 15) is 0 Å². The highest BCUT2D eigenvalue weighted by atomic mass is 35.5. The molecule has 0 atom stereocenters. The third kappa shape index (κ3) is 5.42. The Morgan fingerprint density at radius 1 is 1.38 bits per heavy atom. The molecule has 0 spiro atoms. The zero-order valence-electron chi connectivity index (χ0n) is 8.16. The summed E-state index contributed by atoms with van der Waals surface area (Å²) in [6.07, 6.45) is 7.04. The van der Waals surface area contributed by atoms with Gasteiger partial charge in [-0.1, -0.05) is 31.0 Å². The van der Waals surface area contributed by atoms with Crippen LogP contribution >= 0.6 is 24.2 Å². The van der Waals surface area contributed by atoms with E-state index in [1.165, 1.54) is 37.9 Å². The van der Waals surface area contributed by atoms with Crippen LogP contribution in [0.1, 0.15) is 32.1 Å². The number of halogens is 1. The molecule has 0 aromatic carbocycles. The molecule has 78 valence electrons. The predicted octanol–water partition coefficient (Wildman–Crippen LogP) is 2.67. The monoisotopic (exact) mass is 222 g/mol. The zero-order chi connectivity index (χ0) is 8.81. The maximum atomic E-state index is 5.60. The van der Waals surface area contributed by atoms with Crippen LogP contribution < -0.4 is 5.73 Å². The van der Waals surface area contributed by atoms with Crippen molar-refractivity contribution < 1.29 is 0 Å². The number of hydrogen-bond donors (Lipinski definition) is 1. The van der Waals surface area contributed by atoms with Gasteiger partial charge in [-0.05, 0) is 18.8 Å². The first-order valence-electron chi connectivity index (χ1n) is 4.68. The van der Waals surface area contributed by atoms with Crippen molar-refractivity contribution in [3.05, 3.63) is 0 Å². The summed E-state index contributed by atoms with van der Waals surface area (Å²) in [5, 5.41) is 0.737. The van der Waals surface area contributed by atoms with Gasteiger partial charge in [-0.15, -0.1) is 12.4 Å². The molecular weight excluding hydrogens is 204 g/mol. The molecule has 0 heterocycles. The third-order valence-electron chi connectivity index (χ3n) is 2.41. The minimum absolute atomic E-state index is 0. The van der Waals surface area contributed by atoms with E-state index in [-0.39, 0.29) is 12.4 Å². The van der Waals surface area contributed by atoms with Crippen LogP contribution in [0.4, 0.5) is 0 Å². The van der Waals surface area contributed by atoms with Crippen molar-refractivity contribution in [2.45, 2.75) is 32.1 Å². The lowest BCUT2D eigenvalue weighted by atomic mass is 9.91. The molecule has 0 bridgehead atoms. The Balaban J connectivity index is 0.00000144. The molecule has 1 saturated carbocycles. The first-order valence-corrected chi connectivity index (χ1v) is 5.66. The van der Waals surface area contributed by atoms with Crippen molar-refractivity contribution >= 4 is 29.3 Å². The van der Waals surface area contributed by atoms with E-state index in [1.807, 2.05) is 0 Å². The van der Waals surface area contributed by atoms with Crippen molar-refractivity contribution in [2.24, 2.45) is 16.6 Å². The summed E-state index contributed by atoms with van der Waals surface area (Å²) in [5.74, 6) is 2.06. The Hall–Kier alpha value is 0.110. The number of aliphatic imine (C=N–C) groups is 1. The number of nitrogens with two attached hydrogens (primary N) is 1. The molecule has 0 amide bonds. The maximum Gasteiger partial charge on any atom is 0.153 e. The van der Waals surface area contributed by atoms with Crippen molar-refractivity contribution in [1.29, 1.82) is 0 Å². The van der Waals surface area contributed by atoms with Crippen LogP contribution in [0.15, 0.2) is 4.99 Å². The molecule has 1 aliphatic carbocycles. The minimum Gasteiger partial charge on any atom is -0.379 e. The Bertz CT molecular complexity index is 156. The van der Waals surface area contributed by atoms with Gasteiger partial charge >= 0.3 is 0 Å². The lowest BCUT2D eigenvalue weighted by molar-refractivity contribution is 0.391. The molecule has 0 saturated heterocycles. The van der Waals surface area contributed by atoms with Crippen molar-refractivity contribution in [1.82, 2.24) is 0 Å². The van der Waals surface area contributed by atoms with E-state index in [1.54, 1.807) is 18.8 Å². The van der Waals surface area contributed by atoms with Crippen molar-refractivity contribution in [3.63, 3.8) is 0 Å². The van der Waals surface area contributed by atoms with Gasteiger partial charge in [0.1, 0.15) is 0 Å². The molecular formula is C9H19ClN2S. The average Bonchev–Trinajstić information content (AvgIpc) is 2.16. The van der Waals surface area contributed by atoms with Gasteiger partial charge in [-0.2, -0.15) is 0 Å². The molecule has 1 rings (SSSR count). The summed E-state index contributed by atoms with van der Waals surface area (Å²) >= 11 is 1.71. The van der Waals surface area contributed by atoms with Gasteiger partial charge in [0.25, 0.3) is 0 Å². The predicted molar refractivity (Wildman–Crippen MR) is 63.8 cm³/mol. The lowest BCUT2D eigenvalue weighted by Gasteiger charge is -2.20. The molecule has 0 unspecified atom stereocenters. The smallest absolute Gasteiger partial charge is 0.153 e. The van der Waals surface area contributed by atoms with E-state index in [2.05, 4.69) is 4.99 Å². The van der Waals surface area contributed by atoms with Crippen molar-refractivity contribution in [2.75, 3.05) is 12.8 Å². The van der Waals surface area contributed by atoms with Crippen LogP contribution in [0.3, 0.4) is 0 Å². The highest BCUT2D eigenvalue weighted by Crippen LogP contribution is 2.26. The van der Waals surface area contributed by atoms with Crippen LogP contribution in [0, 0.1) is 5.92 Å². The topological polar surface area (TPSA) is 38.4 Å². The van der Waals surface area contributed by atoms with Gasteiger partial charge in [-0.25, -0.2) is 0 Å². The summed E-state index contributed by atoms with van der Waals surface area (Å²) in [4.78, 5) is 3.93. The van der Waals surface area contributed by atoms with E-state index < -0.39 is 0 Å². The fourth-order valence-electron chi connectivity index (χ4n) is 1.62. The van der Waals surface area contributed by atoms with Gasteiger partial charge in [0, 0.05) is 12.8 Å². The van der Waals surface area contributed by atoms with Gasteiger partial charge in [-0.3, -0.25) is 4.99 Å². The number of rotatable bonds is 2. The first kappa shape index (κ1) is 13.1. The standard InChI is InChI=1S/C9H18N2S.ClH/c1-11-9(10)12-7-8-5-3-2-4-6-8;/h8H,2-7H2,1H3,(H2,10,11);1H. The van der Waals surface area contributed by atoms with Gasteiger partial charge in [0.05, 0.1) is 0 Å². The highest BCUT2D eigenvalue weighted by Gasteiger charge is 2.13. The highest BCUT2D eigenvalue weighted by molar-refractivity contribution is 8.13. The lowest BCUT2D eigenvalue weighted by Crippen LogP contribution is -2.13. The molecule has 13 heavy (non-hydrogen) atoms. The second-order valence-corrected chi connectivity index (χ2v) is 4.42. The van der Waals surface area contributed by atoms with E-state index in [0.29, 0.717) is 0 Å². The third-order valence-corrected chi connectivity index (χ3v) is 3.53. The summed E-state index contributed by atoms with van der Waals surface area (Å²) in [6, 6.07) is 0. The molecule has 0 aliphatic heterocycles. The van der Waals surface area contributed by atoms with Crippen LogP contribution in [-0.4, -0.2) is 18.0 Å². The van der Waals surface area contributed by atoms with Crippen LogP contribution in [0.25, 0.3) is 0 Å². The van der Waals surface area contributed by atoms with E-state index in [0.717, 1.165) is 11.1 Å². The quantitative estimate of drug-likeness (QED) is 0.576. The van der Waals surface area contributed by atoms with Crippen LogP contribution in [0.2, 0.25) is 0 Å². The molecule has 0 aromatic heterocycles. The molecule has 1 fully saturated rings. The van der Waals surface area contributed by atoms with Gasteiger partial charge in [0.15, 0.2) is 5.17 Å². The number of nitrogens with zero attached hydrogens (tertiary/aromatic N) is 1. The Morgan fingerprint density at radius 2 is 2.00 bits per heavy atom. The maximum absolute atomic E-state index is 5.60. The minimum atomic E-state index is 0. The number of thioether (sulfide) groups is 1. The summed E-state index contributed by atoms with van der Waals surface area (Å²) in [7, 11) is 1.75. The SMILES string of the molecule is CN=C(N)SCC1CCCCC1.Cl.